The van der Waals surface area contributed by atoms with Crippen molar-refractivity contribution in [3.63, 3.8) is 0 Å². The molecular formula is C23H31BrN2O3. The fourth-order valence-electron chi connectivity index (χ4n) is 4.61. The van der Waals surface area contributed by atoms with Crippen molar-refractivity contribution < 1.29 is 14.2 Å². The van der Waals surface area contributed by atoms with Gasteiger partial charge in [0, 0.05) is 19.1 Å². The van der Waals surface area contributed by atoms with E-state index in [0.29, 0.717) is 18.8 Å². The Bertz CT molecular complexity index is 823. The molecule has 2 aliphatic heterocycles. The van der Waals surface area contributed by atoms with Crippen molar-refractivity contribution >= 4 is 15.9 Å². The van der Waals surface area contributed by atoms with E-state index < -0.39 is 0 Å². The van der Waals surface area contributed by atoms with E-state index >= 15 is 0 Å². The highest BCUT2D eigenvalue weighted by atomic mass is 79.9. The SMILES string of the molecule is COc1cc2c(c(Br)c1OCC1(C#N)CC1)CCN1CC(OC(C)(C)C)CCC21. The molecule has 1 saturated heterocycles. The molecule has 1 saturated carbocycles. The minimum absolute atomic E-state index is 0.105. The van der Waals surface area contributed by atoms with Crippen molar-refractivity contribution in [1.29, 1.82) is 5.26 Å². The summed E-state index contributed by atoms with van der Waals surface area (Å²) in [5.41, 5.74) is 2.25. The molecule has 0 N–H and O–H groups in total. The van der Waals surface area contributed by atoms with Gasteiger partial charge in [0.05, 0.1) is 34.8 Å². The van der Waals surface area contributed by atoms with Crippen molar-refractivity contribution in [2.75, 3.05) is 26.8 Å². The molecule has 3 aliphatic rings. The van der Waals surface area contributed by atoms with Gasteiger partial charge in [0.25, 0.3) is 0 Å². The number of methoxy groups -OCH3 is 1. The van der Waals surface area contributed by atoms with Crippen LogP contribution in [0.5, 0.6) is 11.5 Å². The Labute approximate surface area is 182 Å². The number of nitriles is 1. The van der Waals surface area contributed by atoms with Gasteiger partial charge in [-0.05, 0) is 86.0 Å². The lowest BCUT2D eigenvalue weighted by Crippen LogP contribution is -2.47. The molecular weight excluding hydrogens is 432 g/mol. The second-order valence-corrected chi connectivity index (χ2v) is 10.5. The van der Waals surface area contributed by atoms with Crippen molar-refractivity contribution in [3.05, 3.63) is 21.7 Å². The van der Waals surface area contributed by atoms with E-state index in [4.69, 9.17) is 14.2 Å². The summed E-state index contributed by atoms with van der Waals surface area (Å²) in [7, 11) is 1.69. The fourth-order valence-corrected chi connectivity index (χ4v) is 5.35. The topological polar surface area (TPSA) is 54.7 Å². The van der Waals surface area contributed by atoms with Crippen LogP contribution in [0.25, 0.3) is 0 Å². The number of halogens is 1. The van der Waals surface area contributed by atoms with Gasteiger partial charge in [0.2, 0.25) is 0 Å². The number of hydrogen-bond acceptors (Lipinski definition) is 5. The monoisotopic (exact) mass is 462 g/mol. The molecule has 29 heavy (non-hydrogen) atoms. The molecule has 2 heterocycles. The first-order valence-electron chi connectivity index (χ1n) is 10.6. The van der Waals surface area contributed by atoms with E-state index in [1.807, 2.05) is 0 Å². The fraction of sp³-hybridized carbons (Fsp3) is 0.696. The molecule has 2 unspecified atom stereocenters. The van der Waals surface area contributed by atoms with Crippen LogP contribution in [0, 0.1) is 16.7 Å². The largest absolute Gasteiger partial charge is 0.493 e. The van der Waals surface area contributed by atoms with Crippen molar-refractivity contribution in [1.82, 2.24) is 4.90 Å². The molecule has 2 atom stereocenters. The molecule has 1 aromatic carbocycles. The zero-order valence-corrected chi connectivity index (χ0v) is 19.5. The number of piperidine rings is 1. The van der Waals surface area contributed by atoms with Gasteiger partial charge in [-0.25, -0.2) is 0 Å². The summed E-state index contributed by atoms with van der Waals surface area (Å²) in [6.45, 7) is 8.82. The Balaban J connectivity index is 1.56. The van der Waals surface area contributed by atoms with Gasteiger partial charge in [-0.1, -0.05) is 0 Å². The smallest absolute Gasteiger partial charge is 0.175 e. The number of nitrogens with zero attached hydrogens (tertiary/aromatic N) is 2. The standard InChI is InChI=1S/C23H31BrN2O3/c1-22(2,3)29-15-5-6-18-17-11-19(27-4)21(28-14-23(13-25)8-9-23)20(24)16(17)7-10-26(18)12-15/h11,15,18H,5-10,12,14H2,1-4H3. The number of benzene rings is 1. The van der Waals surface area contributed by atoms with E-state index in [2.05, 4.69) is 53.7 Å². The van der Waals surface area contributed by atoms with Gasteiger partial charge < -0.3 is 14.2 Å². The highest BCUT2D eigenvalue weighted by molar-refractivity contribution is 9.10. The number of fused-ring (bicyclic) bond motifs is 3. The van der Waals surface area contributed by atoms with Gasteiger partial charge in [-0.3, -0.25) is 4.90 Å². The zero-order valence-electron chi connectivity index (χ0n) is 17.9. The molecule has 5 nitrogen and oxygen atoms in total. The molecule has 1 aromatic rings. The van der Waals surface area contributed by atoms with Crippen LogP contribution in [0.15, 0.2) is 10.5 Å². The highest BCUT2D eigenvalue weighted by Gasteiger charge is 2.45. The van der Waals surface area contributed by atoms with Crippen LogP contribution in [0.4, 0.5) is 0 Å². The van der Waals surface area contributed by atoms with E-state index in [1.165, 1.54) is 11.1 Å². The highest BCUT2D eigenvalue weighted by Crippen LogP contribution is 2.50. The van der Waals surface area contributed by atoms with Gasteiger partial charge >= 0.3 is 0 Å². The van der Waals surface area contributed by atoms with Crippen molar-refractivity contribution in [3.8, 4) is 17.6 Å². The summed E-state index contributed by atoms with van der Waals surface area (Å²) in [5, 5.41) is 9.36. The van der Waals surface area contributed by atoms with Gasteiger partial charge in [0.1, 0.15) is 6.61 Å². The molecule has 0 spiro atoms. The van der Waals surface area contributed by atoms with Crippen LogP contribution in [-0.4, -0.2) is 43.4 Å². The molecule has 0 aromatic heterocycles. The first-order chi connectivity index (χ1) is 13.8. The molecule has 6 heteroatoms. The van der Waals surface area contributed by atoms with E-state index in [0.717, 1.165) is 61.2 Å². The van der Waals surface area contributed by atoms with Crippen LogP contribution in [0.3, 0.4) is 0 Å². The maximum atomic E-state index is 9.36. The minimum Gasteiger partial charge on any atom is -0.493 e. The Hall–Kier alpha value is -1.29. The van der Waals surface area contributed by atoms with Crippen LogP contribution >= 0.6 is 15.9 Å². The van der Waals surface area contributed by atoms with Crippen LogP contribution in [-0.2, 0) is 11.2 Å². The lowest BCUT2D eigenvalue weighted by atomic mass is 9.85. The van der Waals surface area contributed by atoms with E-state index in [-0.39, 0.29) is 11.0 Å². The maximum absolute atomic E-state index is 9.36. The second-order valence-electron chi connectivity index (χ2n) is 9.66. The van der Waals surface area contributed by atoms with Gasteiger partial charge in [0.15, 0.2) is 11.5 Å². The summed E-state index contributed by atoms with van der Waals surface area (Å²) >= 11 is 3.81. The third-order valence-electron chi connectivity index (χ3n) is 6.30. The number of hydrogen-bond donors (Lipinski definition) is 0. The average molecular weight is 463 g/mol. The summed E-state index contributed by atoms with van der Waals surface area (Å²) in [6.07, 6.45) is 5.26. The Morgan fingerprint density at radius 3 is 2.69 bits per heavy atom. The number of rotatable bonds is 5. The molecule has 4 rings (SSSR count). The van der Waals surface area contributed by atoms with Gasteiger partial charge in [-0.15, -0.1) is 0 Å². The first-order valence-corrected chi connectivity index (χ1v) is 11.4. The zero-order chi connectivity index (χ0) is 20.8. The Morgan fingerprint density at radius 2 is 2.07 bits per heavy atom. The minimum atomic E-state index is -0.303. The molecule has 0 amide bonds. The second kappa shape index (κ2) is 7.76. The predicted octanol–water partition coefficient (Wildman–Crippen LogP) is 5.02. The van der Waals surface area contributed by atoms with E-state index in [9.17, 15) is 5.26 Å². The normalized spacial score (nSPS) is 25.5. The summed E-state index contributed by atoms with van der Waals surface area (Å²) in [5.74, 6) is 1.49. The lowest BCUT2D eigenvalue weighted by molar-refractivity contribution is -0.0971. The van der Waals surface area contributed by atoms with Crippen LogP contribution in [0.2, 0.25) is 0 Å². The average Bonchev–Trinajstić information content (AvgIpc) is 3.45. The van der Waals surface area contributed by atoms with Crippen molar-refractivity contribution in [2.45, 2.75) is 70.6 Å². The predicted molar refractivity (Wildman–Crippen MR) is 115 cm³/mol. The van der Waals surface area contributed by atoms with Crippen LogP contribution < -0.4 is 9.47 Å². The van der Waals surface area contributed by atoms with E-state index in [1.54, 1.807) is 7.11 Å². The third kappa shape index (κ3) is 4.28. The van der Waals surface area contributed by atoms with Gasteiger partial charge in [-0.2, -0.15) is 5.26 Å². The summed E-state index contributed by atoms with van der Waals surface area (Å²) in [4.78, 5) is 2.56. The molecule has 0 bridgehead atoms. The molecule has 1 aliphatic carbocycles. The quantitative estimate of drug-likeness (QED) is 0.614. The summed E-state index contributed by atoms with van der Waals surface area (Å²) in [6, 6.07) is 4.95. The molecule has 158 valence electrons. The number of ether oxygens (including phenoxy) is 3. The Morgan fingerprint density at radius 1 is 1.31 bits per heavy atom. The Kier molecular flexibility index (Phi) is 5.61. The first kappa shape index (κ1) is 21.0. The summed E-state index contributed by atoms with van der Waals surface area (Å²) < 4.78 is 19.1. The van der Waals surface area contributed by atoms with Crippen LogP contribution in [0.1, 0.15) is 63.6 Å². The molecule has 0 radical (unpaired) electrons. The van der Waals surface area contributed by atoms with Crippen molar-refractivity contribution in [2.24, 2.45) is 5.41 Å². The third-order valence-corrected chi connectivity index (χ3v) is 7.13. The maximum Gasteiger partial charge on any atom is 0.175 e. The molecule has 2 fully saturated rings. The lowest BCUT2D eigenvalue weighted by Gasteiger charge is -2.45.